The second-order valence-corrected chi connectivity index (χ2v) is 5.08. The van der Waals surface area contributed by atoms with E-state index in [1.54, 1.807) is 0 Å². The molecule has 18 heavy (non-hydrogen) atoms. The Hall–Kier alpha value is -1.39. The number of nitrogens with one attached hydrogen (secondary N) is 1. The molecule has 1 amide bonds. The van der Waals surface area contributed by atoms with Gasteiger partial charge in [-0.1, -0.05) is 30.3 Å². The van der Waals surface area contributed by atoms with Gasteiger partial charge in [-0.2, -0.15) is 0 Å². The van der Waals surface area contributed by atoms with E-state index in [4.69, 9.17) is 10.8 Å². The maximum absolute atomic E-state index is 11.9. The van der Waals surface area contributed by atoms with E-state index in [0.717, 1.165) is 24.8 Å². The summed E-state index contributed by atoms with van der Waals surface area (Å²) in [5, 5.41) is 11.9. The van der Waals surface area contributed by atoms with Gasteiger partial charge in [-0.05, 0) is 30.2 Å². The second-order valence-electron chi connectivity index (χ2n) is 5.08. The highest BCUT2D eigenvalue weighted by molar-refractivity contribution is 5.82. The molecule has 1 aliphatic rings. The molecule has 0 aliphatic heterocycles. The van der Waals surface area contributed by atoms with Gasteiger partial charge in [0.15, 0.2) is 0 Å². The number of aliphatic hydroxyl groups is 1. The molecular formula is C14H20N2O2. The minimum absolute atomic E-state index is 0.126. The van der Waals surface area contributed by atoms with Gasteiger partial charge in [0, 0.05) is 13.2 Å². The highest BCUT2D eigenvalue weighted by atomic mass is 16.3. The topological polar surface area (TPSA) is 75.4 Å². The third-order valence-electron chi connectivity index (χ3n) is 3.68. The Morgan fingerprint density at radius 2 is 2.06 bits per heavy atom. The van der Waals surface area contributed by atoms with Gasteiger partial charge in [-0.25, -0.2) is 0 Å². The van der Waals surface area contributed by atoms with Crippen LogP contribution in [0.2, 0.25) is 0 Å². The fraction of sp³-hybridized carbons (Fsp3) is 0.500. The lowest BCUT2D eigenvalue weighted by Gasteiger charge is -2.17. The van der Waals surface area contributed by atoms with Crippen molar-refractivity contribution in [3.8, 4) is 0 Å². The van der Waals surface area contributed by atoms with Crippen molar-refractivity contribution < 1.29 is 9.90 Å². The molecule has 4 N–H and O–H groups in total. The van der Waals surface area contributed by atoms with Crippen LogP contribution in [0, 0.1) is 5.41 Å². The Morgan fingerprint density at radius 3 is 2.61 bits per heavy atom. The minimum Gasteiger partial charge on any atom is -0.396 e. The summed E-state index contributed by atoms with van der Waals surface area (Å²) in [6.45, 7) is 0.799. The molecule has 4 nitrogen and oxygen atoms in total. The van der Waals surface area contributed by atoms with E-state index in [0.29, 0.717) is 6.54 Å². The first-order chi connectivity index (χ1) is 8.67. The van der Waals surface area contributed by atoms with Crippen LogP contribution in [0.15, 0.2) is 30.3 Å². The van der Waals surface area contributed by atoms with Gasteiger partial charge in [0.05, 0.1) is 0 Å². The lowest BCUT2D eigenvalue weighted by molar-refractivity contribution is -0.122. The van der Waals surface area contributed by atoms with Crippen molar-refractivity contribution in [1.82, 2.24) is 5.32 Å². The van der Waals surface area contributed by atoms with E-state index in [-0.39, 0.29) is 17.9 Å². The second kappa shape index (κ2) is 5.50. The van der Waals surface area contributed by atoms with Crippen LogP contribution in [0.25, 0.3) is 0 Å². The molecule has 1 aromatic carbocycles. The summed E-state index contributed by atoms with van der Waals surface area (Å²) in [5.41, 5.74) is 6.85. The summed E-state index contributed by atoms with van der Waals surface area (Å²) in [5.74, 6) is -0.148. The van der Waals surface area contributed by atoms with Crippen molar-refractivity contribution in [2.45, 2.75) is 25.3 Å². The lowest BCUT2D eigenvalue weighted by Crippen LogP contribution is -2.37. The van der Waals surface area contributed by atoms with Gasteiger partial charge >= 0.3 is 0 Å². The van der Waals surface area contributed by atoms with Crippen LogP contribution in [0.3, 0.4) is 0 Å². The highest BCUT2D eigenvalue weighted by Crippen LogP contribution is 2.47. The Labute approximate surface area is 107 Å². The molecule has 1 saturated carbocycles. The SMILES string of the molecule is N[C@@H](C(=O)NCC1(CCO)CC1)c1ccccc1. The summed E-state index contributed by atoms with van der Waals surface area (Å²) < 4.78 is 0. The smallest absolute Gasteiger partial charge is 0.241 e. The van der Waals surface area contributed by atoms with Crippen LogP contribution >= 0.6 is 0 Å². The zero-order valence-corrected chi connectivity index (χ0v) is 10.4. The van der Waals surface area contributed by atoms with Gasteiger partial charge < -0.3 is 16.2 Å². The average molecular weight is 248 g/mol. The lowest BCUT2D eigenvalue weighted by atomic mass is 10.0. The number of rotatable bonds is 6. The molecule has 1 aliphatic carbocycles. The largest absolute Gasteiger partial charge is 0.396 e. The molecule has 0 saturated heterocycles. The van der Waals surface area contributed by atoms with Crippen molar-refractivity contribution in [2.75, 3.05) is 13.2 Å². The molecular weight excluding hydrogens is 228 g/mol. The number of nitrogens with two attached hydrogens (primary N) is 1. The van der Waals surface area contributed by atoms with Crippen LogP contribution in [-0.2, 0) is 4.79 Å². The molecule has 1 fully saturated rings. The normalized spacial score (nSPS) is 18.1. The molecule has 0 bridgehead atoms. The van der Waals surface area contributed by atoms with Gasteiger partial charge in [0.2, 0.25) is 5.91 Å². The summed E-state index contributed by atoms with van der Waals surface area (Å²) in [4.78, 5) is 11.9. The van der Waals surface area contributed by atoms with E-state index < -0.39 is 6.04 Å². The average Bonchev–Trinajstić information content (AvgIpc) is 3.17. The fourth-order valence-corrected chi connectivity index (χ4v) is 2.13. The predicted octanol–water partition coefficient (Wildman–Crippen LogP) is 0.965. The number of hydrogen-bond donors (Lipinski definition) is 3. The number of carbonyl (C=O) groups excluding carboxylic acids is 1. The third-order valence-corrected chi connectivity index (χ3v) is 3.68. The predicted molar refractivity (Wildman–Crippen MR) is 69.7 cm³/mol. The number of hydrogen-bond acceptors (Lipinski definition) is 3. The molecule has 1 aromatic rings. The van der Waals surface area contributed by atoms with Crippen LogP contribution in [0.4, 0.5) is 0 Å². The fourth-order valence-electron chi connectivity index (χ4n) is 2.13. The number of aliphatic hydroxyl groups excluding tert-OH is 1. The Bertz CT molecular complexity index is 402. The Morgan fingerprint density at radius 1 is 1.39 bits per heavy atom. The van der Waals surface area contributed by atoms with Crippen molar-refractivity contribution >= 4 is 5.91 Å². The van der Waals surface area contributed by atoms with Gasteiger partial charge in [-0.3, -0.25) is 4.79 Å². The summed E-state index contributed by atoms with van der Waals surface area (Å²) >= 11 is 0. The quantitative estimate of drug-likeness (QED) is 0.702. The molecule has 0 unspecified atom stereocenters. The van der Waals surface area contributed by atoms with Crippen molar-refractivity contribution in [2.24, 2.45) is 11.1 Å². The monoisotopic (exact) mass is 248 g/mol. The highest BCUT2D eigenvalue weighted by Gasteiger charge is 2.42. The van der Waals surface area contributed by atoms with Crippen LogP contribution in [0.1, 0.15) is 30.9 Å². The molecule has 98 valence electrons. The molecule has 4 heteroatoms. The van der Waals surface area contributed by atoms with E-state index >= 15 is 0 Å². The molecule has 0 radical (unpaired) electrons. The summed E-state index contributed by atoms with van der Waals surface area (Å²) in [6.07, 6.45) is 2.91. The number of carbonyl (C=O) groups is 1. The molecule has 2 rings (SSSR count). The Balaban J connectivity index is 1.85. The van der Waals surface area contributed by atoms with E-state index in [2.05, 4.69) is 5.32 Å². The molecule has 0 spiro atoms. The third kappa shape index (κ3) is 3.09. The molecule has 1 atom stereocenters. The minimum atomic E-state index is -0.615. The van der Waals surface area contributed by atoms with E-state index in [1.165, 1.54) is 0 Å². The van der Waals surface area contributed by atoms with E-state index in [1.807, 2.05) is 30.3 Å². The Kier molecular flexibility index (Phi) is 3.99. The zero-order valence-electron chi connectivity index (χ0n) is 10.4. The van der Waals surface area contributed by atoms with Crippen molar-refractivity contribution in [3.05, 3.63) is 35.9 Å². The van der Waals surface area contributed by atoms with Crippen LogP contribution in [0.5, 0.6) is 0 Å². The standard InChI is InChI=1S/C14H20N2O2/c15-12(11-4-2-1-3-5-11)13(18)16-10-14(6-7-14)8-9-17/h1-5,12,17H,6-10,15H2,(H,16,18)/t12-/m1/s1. The van der Waals surface area contributed by atoms with Gasteiger partial charge in [0.1, 0.15) is 6.04 Å². The molecule has 0 heterocycles. The summed E-state index contributed by atoms with van der Waals surface area (Å²) in [6, 6.07) is 8.73. The van der Waals surface area contributed by atoms with Gasteiger partial charge in [0.25, 0.3) is 0 Å². The number of benzene rings is 1. The maximum atomic E-state index is 11.9. The first-order valence-electron chi connectivity index (χ1n) is 6.36. The van der Waals surface area contributed by atoms with Crippen molar-refractivity contribution in [3.63, 3.8) is 0 Å². The van der Waals surface area contributed by atoms with Crippen LogP contribution in [-0.4, -0.2) is 24.2 Å². The first kappa shape index (κ1) is 13.1. The first-order valence-corrected chi connectivity index (χ1v) is 6.36. The van der Waals surface area contributed by atoms with Crippen LogP contribution < -0.4 is 11.1 Å². The molecule has 0 aromatic heterocycles. The van der Waals surface area contributed by atoms with Crippen molar-refractivity contribution in [1.29, 1.82) is 0 Å². The maximum Gasteiger partial charge on any atom is 0.241 e. The number of amides is 1. The van der Waals surface area contributed by atoms with E-state index in [9.17, 15) is 4.79 Å². The zero-order chi connectivity index (χ0) is 13.0. The van der Waals surface area contributed by atoms with Gasteiger partial charge in [-0.15, -0.1) is 0 Å². The summed E-state index contributed by atoms with van der Waals surface area (Å²) in [7, 11) is 0.